The molecule has 1 fully saturated rings. The van der Waals surface area contributed by atoms with E-state index in [2.05, 4.69) is 29.1 Å². The van der Waals surface area contributed by atoms with Crippen molar-refractivity contribution in [2.45, 2.75) is 38.2 Å². The largest absolute Gasteiger partial charge is 0.470 e. The van der Waals surface area contributed by atoms with E-state index in [0.29, 0.717) is 6.61 Å². The van der Waals surface area contributed by atoms with E-state index in [1.165, 1.54) is 32.4 Å². The maximum Gasteiger partial charge on any atom is 0.226 e. The molecule has 2 aliphatic rings. The summed E-state index contributed by atoms with van der Waals surface area (Å²) in [6.07, 6.45) is 6.09. The zero-order valence-electron chi connectivity index (χ0n) is 12.3. The van der Waals surface area contributed by atoms with Crippen LogP contribution in [-0.4, -0.2) is 68.7 Å². The number of ether oxygens (including phenoxy) is 1. The van der Waals surface area contributed by atoms with Gasteiger partial charge in [-0.05, 0) is 53.0 Å². The number of hydrogen-bond donors (Lipinski definition) is 0. The van der Waals surface area contributed by atoms with Crippen LogP contribution in [0.2, 0.25) is 0 Å². The molecule has 2 aliphatic heterocycles. The zero-order chi connectivity index (χ0) is 13.5. The summed E-state index contributed by atoms with van der Waals surface area (Å²) in [4.78, 5) is 9.98. The second-order valence-corrected chi connectivity index (χ2v) is 5.79. The van der Waals surface area contributed by atoms with E-state index in [1.54, 1.807) is 0 Å². The molecule has 110 valence electrons. The first kappa shape index (κ1) is 14.6. The monoisotopic (exact) mass is 269 g/mol. The maximum atomic E-state index is 5.94. The van der Waals surface area contributed by atoms with Gasteiger partial charge in [0.15, 0.2) is 6.61 Å². The Morgan fingerprint density at radius 1 is 1.26 bits per heavy atom. The Morgan fingerprint density at radius 2 is 2.05 bits per heavy atom. The molecule has 0 aromatic carbocycles. The van der Waals surface area contributed by atoms with Crippen LogP contribution in [0, 0.1) is 0 Å². The third-order valence-corrected chi connectivity index (χ3v) is 3.64. The van der Waals surface area contributed by atoms with E-state index in [4.69, 9.17) is 9.57 Å². The number of nitrogens with zero attached hydrogens (tertiary/aromatic N) is 3. The van der Waals surface area contributed by atoms with Crippen molar-refractivity contribution in [1.82, 2.24) is 9.80 Å². The molecule has 1 atom stereocenters. The third-order valence-electron chi connectivity index (χ3n) is 3.64. The molecule has 0 aliphatic carbocycles. The number of rotatable bonds is 6. The Bertz CT molecular complexity index is 288. The molecule has 2 heterocycles. The molecular weight excluding hydrogens is 242 g/mol. The lowest BCUT2D eigenvalue weighted by Crippen LogP contribution is -2.41. The average Bonchev–Trinajstić information content (AvgIpc) is 2.40. The standard InChI is InChI=1S/C14H27N3O2/c1-16(2)8-6-7-14-15-18-12-13(19-14)11-17-9-4-3-5-10-17/h13H,3-12H2,1-2H3/t13-/m1/s1. The van der Waals surface area contributed by atoms with Crippen LogP contribution in [0.1, 0.15) is 32.1 Å². The molecule has 0 aromatic heterocycles. The van der Waals surface area contributed by atoms with Gasteiger partial charge in [0.1, 0.15) is 6.10 Å². The highest BCUT2D eigenvalue weighted by atomic mass is 16.7. The molecule has 1 saturated heterocycles. The van der Waals surface area contributed by atoms with Crippen molar-refractivity contribution < 1.29 is 9.57 Å². The predicted molar refractivity (Wildman–Crippen MR) is 76.3 cm³/mol. The van der Waals surface area contributed by atoms with Gasteiger partial charge >= 0.3 is 0 Å². The minimum Gasteiger partial charge on any atom is -0.470 e. The third kappa shape index (κ3) is 5.37. The minimum atomic E-state index is 0.157. The van der Waals surface area contributed by atoms with Crippen LogP contribution in [-0.2, 0) is 9.57 Å². The Kier molecular flexibility index (Phi) is 5.92. The fraction of sp³-hybridized carbons (Fsp3) is 0.929. The molecule has 0 aromatic rings. The molecule has 0 saturated carbocycles. The zero-order valence-corrected chi connectivity index (χ0v) is 12.3. The Labute approximate surface area is 116 Å². The van der Waals surface area contributed by atoms with Crippen LogP contribution in [0.25, 0.3) is 0 Å². The van der Waals surface area contributed by atoms with Gasteiger partial charge in [0, 0.05) is 13.0 Å². The van der Waals surface area contributed by atoms with E-state index >= 15 is 0 Å². The Morgan fingerprint density at radius 3 is 2.79 bits per heavy atom. The van der Waals surface area contributed by atoms with Gasteiger partial charge in [-0.3, -0.25) is 4.90 Å². The SMILES string of the molecule is CN(C)CCCC1=NOC[C@@H](CN2CCCCC2)O1. The van der Waals surface area contributed by atoms with Gasteiger partial charge in [-0.2, -0.15) is 0 Å². The van der Waals surface area contributed by atoms with Crippen molar-refractivity contribution in [3.63, 3.8) is 0 Å². The maximum absolute atomic E-state index is 5.94. The van der Waals surface area contributed by atoms with Gasteiger partial charge in [-0.25, -0.2) is 0 Å². The molecule has 0 N–H and O–H groups in total. The van der Waals surface area contributed by atoms with Crippen molar-refractivity contribution in [2.75, 3.05) is 46.9 Å². The lowest BCUT2D eigenvalue weighted by Gasteiger charge is -2.31. The average molecular weight is 269 g/mol. The molecule has 19 heavy (non-hydrogen) atoms. The van der Waals surface area contributed by atoms with Gasteiger partial charge in [-0.15, -0.1) is 0 Å². The van der Waals surface area contributed by atoms with Crippen molar-refractivity contribution in [2.24, 2.45) is 5.16 Å². The van der Waals surface area contributed by atoms with Crippen molar-refractivity contribution in [3.8, 4) is 0 Å². The summed E-state index contributed by atoms with van der Waals surface area (Å²) >= 11 is 0. The minimum absolute atomic E-state index is 0.157. The normalized spacial score (nSPS) is 24.8. The number of hydrogen-bond acceptors (Lipinski definition) is 5. The van der Waals surface area contributed by atoms with Crippen LogP contribution in [0.15, 0.2) is 5.16 Å². The van der Waals surface area contributed by atoms with E-state index in [1.807, 2.05) is 0 Å². The van der Waals surface area contributed by atoms with E-state index < -0.39 is 0 Å². The summed E-state index contributed by atoms with van der Waals surface area (Å²) in [5.41, 5.74) is 0. The smallest absolute Gasteiger partial charge is 0.226 e. The summed E-state index contributed by atoms with van der Waals surface area (Å²) in [5, 5.41) is 4.03. The molecule has 5 heteroatoms. The summed E-state index contributed by atoms with van der Waals surface area (Å²) < 4.78 is 5.94. The molecule has 5 nitrogen and oxygen atoms in total. The Balaban J connectivity index is 1.68. The van der Waals surface area contributed by atoms with E-state index in [0.717, 1.165) is 31.8 Å². The molecule has 0 spiro atoms. The number of likely N-dealkylation sites (tertiary alicyclic amines) is 1. The van der Waals surface area contributed by atoms with Crippen LogP contribution in [0.5, 0.6) is 0 Å². The highest BCUT2D eigenvalue weighted by Crippen LogP contribution is 2.13. The van der Waals surface area contributed by atoms with Crippen LogP contribution in [0.3, 0.4) is 0 Å². The predicted octanol–water partition coefficient (Wildman–Crippen LogP) is 1.54. The van der Waals surface area contributed by atoms with Crippen LogP contribution < -0.4 is 0 Å². The fourth-order valence-electron chi connectivity index (χ4n) is 2.61. The second-order valence-electron chi connectivity index (χ2n) is 5.79. The fourth-order valence-corrected chi connectivity index (χ4v) is 2.61. The Hall–Kier alpha value is -0.810. The topological polar surface area (TPSA) is 37.3 Å². The first-order valence-corrected chi connectivity index (χ1v) is 7.46. The summed E-state index contributed by atoms with van der Waals surface area (Å²) in [5.74, 6) is 0.773. The van der Waals surface area contributed by atoms with Crippen molar-refractivity contribution in [1.29, 1.82) is 0 Å². The lowest BCUT2D eigenvalue weighted by molar-refractivity contribution is -0.0118. The van der Waals surface area contributed by atoms with Crippen molar-refractivity contribution >= 4 is 5.90 Å². The summed E-state index contributed by atoms with van der Waals surface area (Å²) in [7, 11) is 4.17. The van der Waals surface area contributed by atoms with Gasteiger partial charge < -0.3 is 14.5 Å². The first-order chi connectivity index (χ1) is 9.24. The number of piperidine rings is 1. The molecule has 0 unspecified atom stereocenters. The van der Waals surface area contributed by atoms with Gasteiger partial charge in [-0.1, -0.05) is 11.6 Å². The highest BCUT2D eigenvalue weighted by molar-refractivity contribution is 5.75. The van der Waals surface area contributed by atoms with E-state index in [-0.39, 0.29) is 6.10 Å². The summed E-state index contributed by atoms with van der Waals surface area (Å²) in [6.45, 7) is 5.03. The molecule has 0 bridgehead atoms. The highest BCUT2D eigenvalue weighted by Gasteiger charge is 2.22. The molecule has 0 amide bonds. The van der Waals surface area contributed by atoms with Crippen LogP contribution >= 0.6 is 0 Å². The van der Waals surface area contributed by atoms with Gasteiger partial charge in [0.05, 0.1) is 0 Å². The van der Waals surface area contributed by atoms with Gasteiger partial charge in [0.2, 0.25) is 5.90 Å². The summed E-state index contributed by atoms with van der Waals surface area (Å²) in [6, 6.07) is 0. The van der Waals surface area contributed by atoms with E-state index in [9.17, 15) is 0 Å². The molecule has 2 rings (SSSR count). The second kappa shape index (κ2) is 7.70. The molecule has 0 radical (unpaired) electrons. The van der Waals surface area contributed by atoms with Gasteiger partial charge in [0.25, 0.3) is 0 Å². The number of oxime groups is 1. The first-order valence-electron chi connectivity index (χ1n) is 7.46. The lowest BCUT2D eigenvalue weighted by atomic mass is 10.1. The molecular formula is C14H27N3O2. The quantitative estimate of drug-likeness (QED) is 0.733. The van der Waals surface area contributed by atoms with Crippen molar-refractivity contribution in [3.05, 3.63) is 0 Å². The van der Waals surface area contributed by atoms with Crippen LogP contribution in [0.4, 0.5) is 0 Å².